The molecule has 2 rings (SSSR count). The number of nitrogens with two attached hydrogens (primary N) is 1. The molecule has 0 bridgehead atoms. The van der Waals surface area contributed by atoms with Crippen molar-refractivity contribution in [3.63, 3.8) is 0 Å². The van der Waals surface area contributed by atoms with Crippen molar-refractivity contribution < 1.29 is 4.74 Å². The lowest BCUT2D eigenvalue weighted by atomic mass is 10.0. The SMILES string of the molecule is Cc1ccc(C(C)C)c(Oc2ccc(N)nc2)c1. The van der Waals surface area contributed by atoms with Gasteiger partial charge in [0.25, 0.3) is 0 Å². The summed E-state index contributed by atoms with van der Waals surface area (Å²) in [5, 5.41) is 0. The van der Waals surface area contributed by atoms with Crippen LogP contribution < -0.4 is 10.5 Å². The van der Waals surface area contributed by atoms with Crippen molar-refractivity contribution in [3.8, 4) is 11.5 Å². The Labute approximate surface area is 108 Å². The fourth-order valence-corrected chi connectivity index (χ4v) is 1.79. The van der Waals surface area contributed by atoms with Gasteiger partial charge in [-0.05, 0) is 42.2 Å². The van der Waals surface area contributed by atoms with Gasteiger partial charge < -0.3 is 10.5 Å². The van der Waals surface area contributed by atoms with Gasteiger partial charge in [0.1, 0.15) is 17.3 Å². The van der Waals surface area contributed by atoms with Crippen molar-refractivity contribution in [2.75, 3.05) is 5.73 Å². The van der Waals surface area contributed by atoms with Crippen LogP contribution in [-0.4, -0.2) is 4.98 Å². The van der Waals surface area contributed by atoms with Crippen molar-refractivity contribution in [2.45, 2.75) is 26.7 Å². The highest BCUT2D eigenvalue weighted by molar-refractivity contribution is 5.42. The van der Waals surface area contributed by atoms with Crippen molar-refractivity contribution >= 4 is 5.82 Å². The summed E-state index contributed by atoms with van der Waals surface area (Å²) in [4.78, 5) is 4.03. The fraction of sp³-hybridized carbons (Fsp3) is 0.267. The normalized spacial score (nSPS) is 10.7. The van der Waals surface area contributed by atoms with Crippen molar-refractivity contribution in [1.29, 1.82) is 0 Å². The Hall–Kier alpha value is -2.03. The molecule has 0 atom stereocenters. The Kier molecular flexibility index (Phi) is 3.51. The van der Waals surface area contributed by atoms with Crippen molar-refractivity contribution in [2.24, 2.45) is 0 Å². The first kappa shape index (κ1) is 12.4. The lowest BCUT2D eigenvalue weighted by molar-refractivity contribution is 0.470. The quantitative estimate of drug-likeness (QED) is 0.888. The van der Waals surface area contributed by atoms with E-state index < -0.39 is 0 Å². The molecule has 0 aliphatic heterocycles. The second-order valence-corrected chi connectivity index (χ2v) is 4.72. The van der Waals surface area contributed by atoms with Gasteiger partial charge in [0.05, 0.1) is 6.20 Å². The molecule has 1 aromatic carbocycles. The van der Waals surface area contributed by atoms with E-state index in [4.69, 9.17) is 10.5 Å². The van der Waals surface area contributed by atoms with Crippen LogP contribution in [0.3, 0.4) is 0 Å². The van der Waals surface area contributed by atoms with E-state index in [0.29, 0.717) is 17.5 Å². The zero-order valence-corrected chi connectivity index (χ0v) is 11.0. The molecule has 1 heterocycles. The lowest BCUT2D eigenvalue weighted by Crippen LogP contribution is -1.96. The zero-order valence-electron chi connectivity index (χ0n) is 11.0. The van der Waals surface area contributed by atoms with E-state index in [1.54, 1.807) is 12.3 Å². The maximum absolute atomic E-state index is 5.89. The van der Waals surface area contributed by atoms with Gasteiger partial charge in [-0.25, -0.2) is 4.98 Å². The average molecular weight is 242 g/mol. The van der Waals surface area contributed by atoms with Gasteiger partial charge >= 0.3 is 0 Å². The molecule has 0 saturated carbocycles. The van der Waals surface area contributed by atoms with E-state index in [9.17, 15) is 0 Å². The second-order valence-electron chi connectivity index (χ2n) is 4.72. The van der Waals surface area contributed by atoms with Crippen LogP contribution in [0.4, 0.5) is 5.82 Å². The molecule has 0 saturated heterocycles. The summed E-state index contributed by atoms with van der Waals surface area (Å²) in [7, 11) is 0. The lowest BCUT2D eigenvalue weighted by Gasteiger charge is -2.14. The third-order valence-electron chi connectivity index (χ3n) is 2.78. The highest BCUT2D eigenvalue weighted by Crippen LogP contribution is 2.31. The smallest absolute Gasteiger partial charge is 0.145 e. The van der Waals surface area contributed by atoms with E-state index in [2.05, 4.69) is 37.9 Å². The van der Waals surface area contributed by atoms with E-state index in [1.807, 2.05) is 12.1 Å². The predicted molar refractivity (Wildman–Crippen MR) is 74.0 cm³/mol. The van der Waals surface area contributed by atoms with Gasteiger partial charge in [0.2, 0.25) is 0 Å². The van der Waals surface area contributed by atoms with Crippen LogP contribution in [0.1, 0.15) is 30.9 Å². The Morgan fingerprint density at radius 1 is 1.17 bits per heavy atom. The highest BCUT2D eigenvalue weighted by Gasteiger charge is 2.09. The number of nitrogens with zero attached hydrogens (tertiary/aromatic N) is 1. The minimum Gasteiger partial charge on any atom is -0.455 e. The molecule has 0 fully saturated rings. The topological polar surface area (TPSA) is 48.1 Å². The molecule has 0 aliphatic carbocycles. The summed E-state index contributed by atoms with van der Waals surface area (Å²) >= 11 is 0. The number of aromatic nitrogens is 1. The van der Waals surface area contributed by atoms with Crippen LogP contribution in [0.15, 0.2) is 36.5 Å². The summed E-state index contributed by atoms with van der Waals surface area (Å²) in [5.41, 5.74) is 7.93. The summed E-state index contributed by atoms with van der Waals surface area (Å²) in [6, 6.07) is 9.82. The van der Waals surface area contributed by atoms with Crippen LogP contribution in [0, 0.1) is 6.92 Å². The molecule has 0 amide bonds. The van der Waals surface area contributed by atoms with Gasteiger partial charge in [0, 0.05) is 0 Å². The van der Waals surface area contributed by atoms with Crippen LogP contribution >= 0.6 is 0 Å². The third-order valence-corrected chi connectivity index (χ3v) is 2.78. The highest BCUT2D eigenvalue weighted by atomic mass is 16.5. The Morgan fingerprint density at radius 3 is 2.56 bits per heavy atom. The Bertz CT molecular complexity index is 533. The molecule has 0 aliphatic rings. The predicted octanol–water partition coefficient (Wildman–Crippen LogP) is 3.89. The maximum atomic E-state index is 5.89. The van der Waals surface area contributed by atoms with Crippen molar-refractivity contribution in [3.05, 3.63) is 47.7 Å². The number of hydrogen-bond acceptors (Lipinski definition) is 3. The first-order valence-electron chi connectivity index (χ1n) is 6.06. The zero-order chi connectivity index (χ0) is 13.1. The van der Waals surface area contributed by atoms with Crippen LogP contribution in [0.5, 0.6) is 11.5 Å². The number of benzene rings is 1. The Morgan fingerprint density at radius 2 is 1.94 bits per heavy atom. The number of anilines is 1. The molecule has 1 aromatic heterocycles. The van der Waals surface area contributed by atoms with Gasteiger partial charge in [-0.3, -0.25) is 0 Å². The summed E-state index contributed by atoms with van der Waals surface area (Å²) in [6.45, 7) is 6.36. The molecule has 3 heteroatoms. The number of ether oxygens (including phenoxy) is 1. The third kappa shape index (κ3) is 2.80. The molecular weight excluding hydrogens is 224 g/mol. The molecule has 0 radical (unpaired) electrons. The van der Waals surface area contributed by atoms with Crippen LogP contribution in [0.2, 0.25) is 0 Å². The summed E-state index contributed by atoms with van der Waals surface area (Å²) < 4.78 is 5.89. The molecular formula is C15H18N2O. The van der Waals surface area contributed by atoms with E-state index >= 15 is 0 Å². The van der Waals surface area contributed by atoms with E-state index in [-0.39, 0.29) is 0 Å². The number of hydrogen-bond donors (Lipinski definition) is 1. The first-order chi connectivity index (χ1) is 8.56. The van der Waals surface area contributed by atoms with Gasteiger partial charge in [-0.15, -0.1) is 0 Å². The fourth-order valence-electron chi connectivity index (χ4n) is 1.79. The maximum Gasteiger partial charge on any atom is 0.145 e. The van der Waals surface area contributed by atoms with Crippen molar-refractivity contribution in [1.82, 2.24) is 4.98 Å². The summed E-state index contributed by atoms with van der Waals surface area (Å²) in [6.07, 6.45) is 1.64. The number of rotatable bonds is 3. The molecule has 0 unspecified atom stereocenters. The van der Waals surface area contributed by atoms with Gasteiger partial charge in [-0.1, -0.05) is 26.0 Å². The van der Waals surface area contributed by atoms with E-state index in [1.165, 1.54) is 11.1 Å². The minimum atomic E-state index is 0.419. The molecule has 2 N–H and O–H groups in total. The number of nitrogen functional groups attached to an aromatic ring is 1. The molecule has 18 heavy (non-hydrogen) atoms. The van der Waals surface area contributed by atoms with Gasteiger partial charge in [0.15, 0.2) is 0 Å². The Balaban J connectivity index is 2.32. The average Bonchev–Trinajstić information content (AvgIpc) is 2.32. The molecule has 0 spiro atoms. The van der Waals surface area contributed by atoms with Crippen LogP contribution in [-0.2, 0) is 0 Å². The van der Waals surface area contributed by atoms with Crippen LogP contribution in [0.25, 0.3) is 0 Å². The molecule has 3 nitrogen and oxygen atoms in total. The largest absolute Gasteiger partial charge is 0.455 e. The molecule has 94 valence electrons. The number of aryl methyl sites for hydroxylation is 1. The van der Waals surface area contributed by atoms with Gasteiger partial charge in [-0.2, -0.15) is 0 Å². The second kappa shape index (κ2) is 5.08. The monoisotopic (exact) mass is 242 g/mol. The summed E-state index contributed by atoms with van der Waals surface area (Å²) in [5.74, 6) is 2.51. The first-order valence-corrected chi connectivity index (χ1v) is 6.06. The molecule has 2 aromatic rings. The minimum absolute atomic E-state index is 0.419. The van der Waals surface area contributed by atoms with E-state index in [0.717, 1.165) is 5.75 Å². The standard InChI is InChI=1S/C15H18N2O/c1-10(2)13-6-4-11(3)8-14(13)18-12-5-7-15(16)17-9-12/h4-10H,1-3H3,(H2,16,17). The number of pyridine rings is 1.